The van der Waals surface area contributed by atoms with Gasteiger partial charge in [-0.3, -0.25) is 10.00 Å². The lowest BCUT2D eigenvalue weighted by Crippen LogP contribution is -2.34. The number of H-pyrrole nitrogens is 2. The molecule has 5 heteroatoms. The summed E-state index contributed by atoms with van der Waals surface area (Å²) in [5.41, 5.74) is 4.59. The summed E-state index contributed by atoms with van der Waals surface area (Å²) in [6.07, 6.45) is 4.22. The van der Waals surface area contributed by atoms with Crippen molar-refractivity contribution in [2.45, 2.75) is 32.2 Å². The molecule has 0 radical (unpaired) electrons. The second-order valence-electron chi connectivity index (χ2n) is 6.50. The minimum atomic E-state index is -0.177. The predicted molar refractivity (Wildman–Crippen MR) is 88.8 cm³/mol. The highest BCUT2D eigenvalue weighted by molar-refractivity contribution is 5.84. The first-order chi connectivity index (χ1) is 11.2. The van der Waals surface area contributed by atoms with Gasteiger partial charge in [-0.05, 0) is 56.1 Å². The van der Waals surface area contributed by atoms with Gasteiger partial charge in [0.25, 0.3) is 0 Å². The number of aromatic nitrogens is 3. The minimum absolute atomic E-state index is 0.177. The molecule has 4 nitrogen and oxygen atoms in total. The standard InChI is InChI=1S/C18H21FN4/c1-12-15-9-14(19)4-5-17(15)21-18(12)11-23-8-2-3-13(10-23)16-6-7-20-22-16/h4-7,9,13,21H,2-3,8,10-11H2,1H3,(H,20,22). The molecule has 2 aromatic heterocycles. The molecule has 120 valence electrons. The lowest BCUT2D eigenvalue weighted by molar-refractivity contribution is 0.196. The molecule has 1 aliphatic heterocycles. The number of piperidine rings is 1. The average molecular weight is 312 g/mol. The fraction of sp³-hybridized carbons (Fsp3) is 0.389. The van der Waals surface area contributed by atoms with Gasteiger partial charge in [-0.25, -0.2) is 4.39 Å². The van der Waals surface area contributed by atoms with Gasteiger partial charge in [0.2, 0.25) is 0 Å². The molecule has 1 unspecified atom stereocenters. The number of halogens is 1. The van der Waals surface area contributed by atoms with Crippen molar-refractivity contribution in [1.82, 2.24) is 20.1 Å². The zero-order valence-corrected chi connectivity index (χ0v) is 13.3. The highest BCUT2D eigenvalue weighted by atomic mass is 19.1. The normalized spacial score (nSPS) is 19.5. The summed E-state index contributed by atoms with van der Waals surface area (Å²) in [6, 6.07) is 7.03. The number of aromatic amines is 2. The van der Waals surface area contributed by atoms with E-state index in [0.717, 1.165) is 36.1 Å². The molecule has 1 saturated heterocycles. The number of nitrogens with zero attached hydrogens (tertiary/aromatic N) is 2. The Hall–Kier alpha value is -2.14. The smallest absolute Gasteiger partial charge is 0.123 e. The molecule has 1 atom stereocenters. The van der Waals surface area contributed by atoms with Crippen molar-refractivity contribution in [2.24, 2.45) is 0 Å². The Morgan fingerprint density at radius 1 is 1.35 bits per heavy atom. The van der Waals surface area contributed by atoms with Crippen molar-refractivity contribution in [2.75, 3.05) is 13.1 Å². The molecular formula is C18H21FN4. The van der Waals surface area contributed by atoms with E-state index >= 15 is 0 Å². The molecule has 1 fully saturated rings. The third-order valence-electron chi connectivity index (χ3n) is 4.97. The first kappa shape index (κ1) is 14.5. The molecule has 3 aromatic rings. The van der Waals surface area contributed by atoms with Crippen LogP contribution >= 0.6 is 0 Å². The Labute approximate surface area is 134 Å². The van der Waals surface area contributed by atoms with Crippen LogP contribution in [0.5, 0.6) is 0 Å². The zero-order chi connectivity index (χ0) is 15.8. The van der Waals surface area contributed by atoms with Crippen LogP contribution in [0.3, 0.4) is 0 Å². The maximum atomic E-state index is 13.5. The molecule has 2 N–H and O–H groups in total. The van der Waals surface area contributed by atoms with E-state index in [2.05, 4.69) is 33.1 Å². The molecule has 0 saturated carbocycles. The van der Waals surface area contributed by atoms with Crippen LogP contribution < -0.4 is 0 Å². The molecule has 0 aliphatic carbocycles. The number of hydrogen-bond donors (Lipinski definition) is 2. The van der Waals surface area contributed by atoms with Crippen LogP contribution in [0.2, 0.25) is 0 Å². The van der Waals surface area contributed by atoms with E-state index in [1.54, 1.807) is 6.07 Å². The van der Waals surface area contributed by atoms with Crippen molar-refractivity contribution in [3.63, 3.8) is 0 Å². The highest BCUT2D eigenvalue weighted by Gasteiger charge is 2.23. The molecule has 23 heavy (non-hydrogen) atoms. The first-order valence-electron chi connectivity index (χ1n) is 8.19. The number of nitrogens with one attached hydrogen (secondary N) is 2. The predicted octanol–water partition coefficient (Wildman–Crippen LogP) is 3.72. The summed E-state index contributed by atoms with van der Waals surface area (Å²) in [5, 5.41) is 8.16. The van der Waals surface area contributed by atoms with Crippen LogP contribution in [0.15, 0.2) is 30.5 Å². The number of likely N-dealkylation sites (tertiary alicyclic amines) is 1. The number of fused-ring (bicyclic) bond motifs is 1. The zero-order valence-electron chi connectivity index (χ0n) is 13.3. The molecule has 1 aromatic carbocycles. The topological polar surface area (TPSA) is 47.7 Å². The van der Waals surface area contributed by atoms with Crippen molar-refractivity contribution >= 4 is 10.9 Å². The summed E-state index contributed by atoms with van der Waals surface area (Å²) in [4.78, 5) is 5.93. The summed E-state index contributed by atoms with van der Waals surface area (Å²) >= 11 is 0. The summed E-state index contributed by atoms with van der Waals surface area (Å²) in [6.45, 7) is 5.09. The lowest BCUT2D eigenvalue weighted by Gasteiger charge is -2.32. The molecule has 4 rings (SSSR count). The minimum Gasteiger partial charge on any atom is -0.357 e. The molecular weight excluding hydrogens is 291 g/mol. The number of rotatable bonds is 3. The van der Waals surface area contributed by atoms with Crippen LogP contribution in [0.25, 0.3) is 10.9 Å². The van der Waals surface area contributed by atoms with Crippen LogP contribution in [-0.4, -0.2) is 33.2 Å². The van der Waals surface area contributed by atoms with Crippen LogP contribution in [0, 0.1) is 12.7 Å². The Balaban J connectivity index is 1.54. The van der Waals surface area contributed by atoms with Crippen LogP contribution in [0.1, 0.15) is 35.7 Å². The van der Waals surface area contributed by atoms with Gasteiger partial charge in [-0.1, -0.05) is 0 Å². The van der Waals surface area contributed by atoms with E-state index in [1.807, 2.05) is 12.3 Å². The third kappa shape index (κ3) is 2.77. The van der Waals surface area contributed by atoms with Crippen molar-refractivity contribution in [1.29, 1.82) is 0 Å². The van der Waals surface area contributed by atoms with E-state index in [1.165, 1.54) is 30.3 Å². The second-order valence-corrected chi connectivity index (χ2v) is 6.50. The van der Waals surface area contributed by atoms with Gasteiger partial charge < -0.3 is 4.98 Å². The lowest BCUT2D eigenvalue weighted by atomic mass is 9.95. The van der Waals surface area contributed by atoms with E-state index in [0.29, 0.717) is 5.92 Å². The SMILES string of the molecule is Cc1c(CN2CCCC(c3ccn[nH]3)C2)[nH]c2ccc(F)cc12. The fourth-order valence-electron chi connectivity index (χ4n) is 3.68. The van der Waals surface area contributed by atoms with E-state index < -0.39 is 0 Å². The maximum Gasteiger partial charge on any atom is 0.123 e. The Kier molecular flexibility index (Phi) is 3.65. The van der Waals surface area contributed by atoms with Crippen LogP contribution in [0.4, 0.5) is 4.39 Å². The summed E-state index contributed by atoms with van der Waals surface area (Å²) in [7, 11) is 0. The van der Waals surface area contributed by atoms with Gasteiger partial charge in [-0.15, -0.1) is 0 Å². The molecule has 0 bridgehead atoms. The molecule has 0 amide bonds. The van der Waals surface area contributed by atoms with E-state index in [4.69, 9.17) is 0 Å². The molecule has 1 aliphatic rings. The second kappa shape index (κ2) is 5.81. The van der Waals surface area contributed by atoms with Crippen LogP contribution in [-0.2, 0) is 6.54 Å². The summed E-state index contributed by atoms with van der Waals surface area (Å²) in [5.74, 6) is 0.344. The largest absolute Gasteiger partial charge is 0.357 e. The fourth-order valence-corrected chi connectivity index (χ4v) is 3.68. The monoisotopic (exact) mass is 312 g/mol. The van der Waals surface area contributed by atoms with Gasteiger partial charge in [0.1, 0.15) is 5.82 Å². The quantitative estimate of drug-likeness (QED) is 0.774. The van der Waals surface area contributed by atoms with Crippen molar-refractivity contribution in [3.05, 3.63) is 53.2 Å². The van der Waals surface area contributed by atoms with Crippen molar-refractivity contribution < 1.29 is 4.39 Å². The molecule has 0 spiro atoms. The third-order valence-corrected chi connectivity index (χ3v) is 4.97. The van der Waals surface area contributed by atoms with E-state index in [-0.39, 0.29) is 5.82 Å². The number of hydrogen-bond acceptors (Lipinski definition) is 2. The first-order valence-corrected chi connectivity index (χ1v) is 8.19. The summed E-state index contributed by atoms with van der Waals surface area (Å²) < 4.78 is 13.5. The van der Waals surface area contributed by atoms with Gasteiger partial charge in [0.05, 0.1) is 0 Å². The number of aryl methyl sites for hydroxylation is 1. The molecule has 3 heterocycles. The van der Waals surface area contributed by atoms with Gasteiger partial charge >= 0.3 is 0 Å². The average Bonchev–Trinajstić information content (AvgIpc) is 3.18. The van der Waals surface area contributed by atoms with Gasteiger partial charge in [-0.2, -0.15) is 5.10 Å². The Morgan fingerprint density at radius 3 is 3.09 bits per heavy atom. The maximum absolute atomic E-state index is 13.5. The Bertz CT molecular complexity index is 806. The number of benzene rings is 1. The van der Waals surface area contributed by atoms with Gasteiger partial charge in [0.15, 0.2) is 0 Å². The highest BCUT2D eigenvalue weighted by Crippen LogP contribution is 2.28. The van der Waals surface area contributed by atoms with E-state index in [9.17, 15) is 4.39 Å². The van der Waals surface area contributed by atoms with Crippen molar-refractivity contribution in [3.8, 4) is 0 Å². The Morgan fingerprint density at radius 2 is 2.26 bits per heavy atom. The van der Waals surface area contributed by atoms with Gasteiger partial charge in [0, 0.05) is 47.5 Å².